The molecule has 0 radical (unpaired) electrons. The molecule has 2 aromatic rings. The molecule has 2 aromatic carbocycles. The highest BCUT2D eigenvalue weighted by molar-refractivity contribution is 5.82. The fraction of sp³-hybridized carbons (Fsp3) is 0.278. The lowest BCUT2D eigenvalue weighted by Crippen LogP contribution is -2.48. The van der Waals surface area contributed by atoms with E-state index in [1.165, 1.54) is 0 Å². The first-order chi connectivity index (χ1) is 12.3. The van der Waals surface area contributed by atoms with Crippen molar-refractivity contribution in [2.24, 2.45) is 0 Å². The largest absolute Gasteiger partial charge is 0.482 e. The number of hydrogen-bond acceptors (Lipinski definition) is 3. The van der Waals surface area contributed by atoms with Crippen molar-refractivity contribution in [1.82, 2.24) is 5.32 Å². The number of rotatable bonds is 3. The Morgan fingerprint density at radius 3 is 2.42 bits per heavy atom. The lowest BCUT2D eigenvalue weighted by Gasteiger charge is -2.31. The van der Waals surface area contributed by atoms with Crippen LogP contribution in [0.4, 0.5) is 17.6 Å². The molecule has 0 aromatic heterocycles. The first-order valence-corrected chi connectivity index (χ1v) is 7.81. The normalized spacial score (nSPS) is 19.1. The summed E-state index contributed by atoms with van der Waals surface area (Å²) in [5.41, 5.74) is -1.37. The maximum atomic E-state index is 13.1. The van der Waals surface area contributed by atoms with Gasteiger partial charge in [-0.2, -0.15) is 13.2 Å². The maximum absolute atomic E-state index is 13.1. The van der Waals surface area contributed by atoms with Crippen LogP contribution in [0.3, 0.4) is 0 Å². The van der Waals surface area contributed by atoms with Crippen molar-refractivity contribution in [2.45, 2.75) is 31.9 Å². The van der Waals surface area contributed by atoms with Crippen LogP contribution >= 0.6 is 0 Å². The number of alkyl halides is 3. The topological polar surface area (TPSA) is 47.6 Å². The zero-order valence-corrected chi connectivity index (χ0v) is 13.6. The molecule has 2 atom stereocenters. The first kappa shape index (κ1) is 18.0. The lowest BCUT2D eigenvalue weighted by atomic mass is 10.1. The van der Waals surface area contributed by atoms with Crippen molar-refractivity contribution >= 4 is 5.91 Å². The summed E-state index contributed by atoms with van der Waals surface area (Å²) in [6, 6.07) is 9.09. The third kappa shape index (κ3) is 3.74. The molecular weight excluding hydrogens is 354 g/mol. The monoisotopic (exact) mass is 369 g/mol. The molecule has 0 aliphatic carbocycles. The fourth-order valence-corrected chi connectivity index (χ4v) is 2.66. The van der Waals surface area contributed by atoms with E-state index in [1.807, 2.05) is 0 Å². The fourth-order valence-electron chi connectivity index (χ4n) is 2.66. The number of fused-ring (bicyclic) bond motifs is 1. The summed E-state index contributed by atoms with van der Waals surface area (Å²) in [6.07, 6.45) is -6.36. The summed E-state index contributed by atoms with van der Waals surface area (Å²) in [4.78, 5) is 12.3. The minimum absolute atomic E-state index is 0.239. The third-order valence-corrected chi connectivity index (χ3v) is 3.93. The second-order valence-electron chi connectivity index (χ2n) is 5.83. The van der Waals surface area contributed by atoms with Gasteiger partial charge in [-0.15, -0.1) is 0 Å². The molecule has 138 valence electrons. The van der Waals surface area contributed by atoms with E-state index in [0.29, 0.717) is 17.6 Å². The molecule has 0 saturated heterocycles. The molecule has 0 spiro atoms. The number of ether oxygens (including phenoxy) is 2. The van der Waals surface area contributed by atoms with Gasteiger partial charge in [0.2, 0.25) is 6.10 Å². The summed E-state index contributed by atoms with van der Waals surface area (Å²) in [5, 5.41) is 2.40. The highest BCUT2D eigenvalue weighted by atomic mass is 19.4. The molecule has 0 unspecified atom stereocenters. The van der Waals surface area contributed by atoms with Crippen molar-refractivity contribution in [1.29, 1.82) is 0 Å². The standard InChI is InChI=1S/C18H15F4NO3/c1-10-16(26-15-5-3-2-4-14(15)25-10)17(24)23-9-11-6-7-12(19)8-13(11)18(20,21)22/h2-8,10,16H,9H2,1H3,(H,23,24)/t10-,16-/m0/s1. The molecule has 0 fully saturated rings. The van der Waals surface area contributed by atoms with Crippen LogP contribution in [-0.2, 0) is 17.5 Å². The number of hydrogen-bond donors (Lipinski definition) is 1. The van der Waals surface area contributed by atoms with Crippen LogP contribution in [0.25, 0.3) is 0 Å². The Morgan fingerprint density at radius 2 is 1.77 bits per heavy atom. The summed E-state index contributed by atoms with van der Waals surface area (Å²) >= 11 is 0. The first-order valence-electron chi connectivity index (χ1n) is 7.81. The molecular formula is C18H15F4NO3. The van der Waals surface area contributed by atoms with Crippen LogP contribution in [0.2, 0.25) is 0 Å². The van der Waals surface area contributed by atoms with Gasteiger partial charge in [-0.25, -0.2) is 4.39 Å². The molecule has 0 bridgehead atoms. The molecule has 1 aliphatic heterocycles. The third-order valence-electron chi connectivity index (χ3n) is 3.93. The average Bonchev–Trinajstić information content (AvgIpc) is 2.59. The predicted molar refractivity (Wildman–Crippen MR) is 84.2 cm³/mol. The number of para-hydroxylation sites is 2. The number of carbonyl (C=O) groups is 1. The molecule has 1 amide bonds. The van der Waals surface area contributed by atoms with Crippen LogP contribution < -0.4 is 14.8 Å². The van der Waals surface area contributed by atoms with Gasteiger partial charge in [0.1, 0.15) is 11.9 Å². The smallest absolute Gasteiger partial charge is 0.416 e. The SMILES string of the molecule is C[C@@H]1Oc2ccccc2O[C@@H]1C(=O)NCc1ccc(F)cc1C(F)(F)F. The van der Waals surface area contributed by atoms with Gasteiger partial charge in [0.05, 0.1) is 5.56 Å². The number of nitrogens with one attached hydrogen (secondary N) is 1. The number of halogens is 4. The van der Waals surface area contributed by atoms with Gasteiger partial charge >= 0.3 is 6.18 Å². The van der Waals surface area contributed by atoms with Crippen molar-refractivity contribution in [2.75, 3.05) is 0 Å². The number of benzene rings is 2. The Kier molecular flexibility index (Phi) is 4.76. The van der Waals surface area contributed by atoms with Crippen LogP contribution in [0.15, 0.2) is 42.5 Å². The summed E-state index contributed by atoms with van der Waals surface area (Å²) < 4.78 is 63.4. The quantitative estimate of drug-likeness (QED) is 0.840. The molecule has 1 aliphatic rings. The van der Waals surface area contributed by atoms with E-state index in [-0.39, 0.29) is 5.56 Å². The van der Waals surface area contributed by atoms with Crippen molar-refractivity contribution in [3.63, 3.8) is 0 Å². The maximum Gasteiger partial charge on any atom is 0.416 e. The molecule has 1 heterocycles. The van der Waals surface area contributed by atoms with Gasteiger partial charge in [-0.3, -0.25) is 4.79 Å². The minimum Gasteiger partial charge on any atom is -0.482 e. The van der Waals surface area contributed by atoms with E-state index in [1.54, 1.807) is 31.2 Å². The second-order valence-corrected chi connectivity index (χ2v) is 5.83. The van der Waals surface area contributed by atoms with Gasteiger partial charge in [0, 0.05) is 6.54 Å². The molecule has 26 heavy (non-hydrogen) atoms. The van der Waals surface area contributed by atoms with E-state index in [9.17, 15) is 22.4 Å². The Morgan fingerprint density at radius 1 is 1.12 bits per heavy atom. The van der Waals surface area contributed by atoms with Crippen LogP contribution in [0.5, 0.6) is 11.5 Å². The lowest BCUT2D eigenvalue weighted by molar-refractivity contribution is -0.139. The zero-order valence-electron chi connectivity index (χ0n) is 13.6. The molecule has 0 saturated carbocycles. The van der Waals surface area contributed by atoms with E-state index in [2.05, 4.69) is 5.32 Å². The summed E-state index contributed by atoms with van der Waals surface area (Å²) in [5.74, 6) is -0.753. The average molecular weight is 369 g/mol. The molecule has 1 N–H and O–H groups in total. The molecule has 4 nitrogen and oxygen atoms in total. The van der Waals surface area contributed by atoms with Gasteiger partial charge in [0.25, 0.3) is 5.91 Å². The van der Waals surface area contributed by atoms with E-state index < -0.39 is 42.2 Å². The number of amides is 1. The Labute approximate surface area is 146 Å². The predicted octanol–water partition coefficient (Wildman–Crippen LogP) is 3.69. The van der Waals surface area contributed by atoms with E-state index >= 15 is 0 Å². The van der Waals surface area contributed by atoms with Crippen molar-refractivity contribution in [3.8, 4) is 11.5 Å². The Hall–Kier alpha value is -2.77. The Balaban J connectivity index is 1.72. The van der Waals surface area contributed by atoms with Crippen LogP contribution in [0, 0.1) is 5.82 Å². The van der Waals surface area contributed by atoms with Gasteiger partial charge in [-0.05, 0) is 36.8 Å². The Bertz CT molecular complexity index is 822. The molecule has 8 heteroatoms. The minimum atomic E-state index is -4.72. The molecule has 3 rings (SSSR count). The zero-order chi connectivity index (χ0) is 18.9. The van der Waals surface area contributed by atoms with E-state index in [4.69, 9.17) is 9.47 Å². The highest BCUT2D eigenvalue weighted by Gasteiger charge is 2.36. The highest BCUT2D eigenvalue weighted by Crippen LogP contribution is 2.34. The number of carbonyl (C=O) groups excluding carboxylic acids is 1. The van der Waals surface area contributed by atoms with Gasteiger partial charge in [-0.1, -0.05) is 18.2 Å². The van der Waals surface area contributed by atoms with Crippen LogP contribution in [0.1, 0.15) is 18.1 Å². The van der Waals surface area contributed by atoms with Crippen molar-refractivity contribution in [3.05, 3.63) is 59.4 Å². The van der Waals surface area contributed by atoms with Crippen LogP contribution in [-0.4, -0.2) is 18.1 Å². The second kappa shape index (κ2) is 6.86. The van der Waals surface area contributed by atoms with Gasteiger partial charge in [0.15, 0.2) is 11.5 Å². The van der Waals surface area contributed by atoms with Gasteiger partial charge < -0.3 is 14.8 Å². The summed E-state index contributed by atoms with van der Waals surface area (Å²) in [7, 11) is 0. The summed E-state index contributed by atoms with van der Waals surface area (Å²) in [6.45, 7) is 1.21. The van der Waals surface area contributed by atoms with Crippen molar-refractivity contribution < 1.29 is 31.8 Å². The van der Waals surface area contributed by atoms with E-state index in [0.717, 1.165) is 12.1 Å².